The van der Waals surface area contributed by atoms with E-state index in [1.54, 1.807) is 18.6 Å². The van der Waals surface area contributed by atoms with Crippen molar-refractivity contribution in [3.8, 4) is 0 Å². The van der Waals surface area contributed by atoms with Gasteiger partial charge in [0.1, 0.15) is 0 Å². The van der Waals surface area contributed by atoms with Crippen molar-refractivity contribution in [3.63, 3.8) is 0 Å². The minimum Gasteiger partial charge on any atom is -0.333 e. The quantitative estimate of drug-likeness (QED) is 0.599. The zero-order chi connectivity index (χ0) is 15.1. The number of alkyl halides is 1. The first-order valence-corrected chi connectivity index (χ1v) is 8.89. The van der Waals surface area contributed by atoms with Gasteiger partial charge in [-0.1, -0.05) is 12.1 Å². The SMILES string of the molecule is O=S(=O)(CCCCCl)Nc1cccc(Cn2ccnc2)c1. The van der Waals surface area contributed by atoms with E-state index in [-0.39, 0.29) is 5.75 Å². The van der Waals surface area contributed by atoms with E-state index < -0.39 is 10.0 Å². The van der Waals surface area contributed by atoms with Crippen molar-refractivity contribution >= 4 is 27.3 Å². The van der Waals surface area contributed by atoms with Crippen molar-refractivity contribution in [2.45, 2.75) is 19.4 Å². The standard InChI is InChI=1S/C14H18ClN3O2S/c15-6-1-2-9-21(19,20)17-14-5-3-4-13(10-14)11-18-8-7-16-12-18/h3-5,7-8,10,12,17H,1-2,6,9,11H2. The highest BCUT2D eigenvalue weighted by atomic mass is 35.5. The van der Waals surface area contributed by atoms with Gasteiger partial charge in [0.2, 0.25) is 10.0 Å². The molecular formula is C14H18ClN3O2S. The Morgan fingerprint density at radius 2 is 2.14 bits per heavy atom. The second kappa shape index (κ2) is 7.47. The number of imidazole rings is 1. The van der Waals surface area contributed by atoms with E-state index in [2.05, 4.69) is 9.71 Å². The topological polar surface area (TPSA) is 64.0 Å². The van der Waals surface area contributed by atoms with Crippen LogP contribution in [0.4, 0.5) is 5.69 Å². The fraction of sp³-hybridized carbons (Fsp3) is 0.357. The van der Waals surface area contributed by atoms with Crippen LogP contribution in [0.25, 0.3) is 0 Å². The fourth-order valence-corrected chi connectivity index (χ4v) is 3.30. The van der Waals surface area contributed by atoms with Crippen LogP contribution in [0.2, 0.25) is 0 Å². The summed E-state index contributed by atoms with van der Waals surface area (Å²) in [5.41, 5.74) is 1.59. The molecule has 0 aliphatic carbocycles. The molecule has 0 saturated heterocycles. The Kier molecular flexibility index (Phi) is 5.64. The summed E-state index contributed by atoms with van der Waals surface area (Å²) in [6, 6.07) is 7.36. The molecule has 0 bridgehead atoms. The number of hydrogen-bond donors (Lipinski definition) is 1. The summed E-state index contributed by atoms with van der Waals surface area (Å²) >= 11 is 5.56. The summed E-state index contributed by atoms with van der Waals surface area (Å²) < 4.78 is 28.4. The zero-order valence-electron chi connectivity index (χ0n) is 11.6. The lowest BCUT2D eigenvalue weighted by Gasteiger charge is -2.09. The molecule has 0 saturated carbocycles. The van der Waals surface area contributed by atoms with Crippen LogP contribution in [0.5, 0.6) is 0 Å². The first-order valence-electron chi connectivity index (χ1n) is 6.70. The lowest BCUT2D eigenvalue weighted by molar-refractivity contribution is 0.598. The molecule has 1 heterocycles. The van der Waals surface area contributed by atoms with Crippen molar-refractivity contribution in [2.24, 2.45) is 0 Å². The maximum absolute atomic E-state index is 11.9. The average molecular weight is 328 g/mol. The van der Waals surface area contributed by atoms with E-state index in [0.717, 1.165) is 5.56 Å². The minimum atomic E-state index is -3.31. The van der Waals surface area contributed by atoms with Crippen LogP contribution in [0, 0.1) is 0 Å². The van der Waals surface area contributed by atoms with Crippen molar-refractivity contribution in [2.75, 3.05) is 16.4 Å². The van der Waals surface area contributed by atoms with Gasteiger partial charge in [0.25, 0.3) is 0 Å². The van der Waals surface area contributed by atoms with Crippen LogP contribution in [0.15, 0.2) is 43.0 Å². The first-order chi connectivity index (χ1) is 10.1. The van der Waals surface area contributed by atoms with Crippen LogP contribution in [0.1, 0.15) is 18.4 Å². The maximum Gasteiger partial charge on any atom is 0.232 e. The van der Waals surface area contributed by atoms with Crippen LogP contribution >= 0.6 is 11.6 Å². The second-order valence-electron chi connectivity index (χ2n) is 4.75. The third-order valence-electron chi connectivity index (χ3n) is 2.92. The van der Waals surface area contributed by atoms with Gasteiger partial charge in [0, 0.05) is 30.5 Å². The normalized spacial score (nSPS) is 11.5. The van der Waals surface area contributed by atoms with Crippen molar-refractivity contribution < 1.29 is 8.42 Å². The summed E-state index contributed by atoms with van der Waals surface area (Å²) in [6.45, 7) is 0.655. The Balaban J connectivity index is 2.00. The van der Waals surface area contributed by atoms with Gasteiger partial charge in [0.05, 0.1) is 12.1 Å². The molecular weight excluding hydrogens is 310 g/mol. The van der Waals surface area contributed by atoms with Gasteiger partial charge in [-0.2, -0.15) is 0 Å². The van der Waals surface area contributed by atoms with Crippen LogP contribution in [-0.2, 0) is 16.6 Å². The smallest absolute Gasteiger partial charge is 0.232 e. The highest BCUT2D eigenvalue weighted by Gasteiger charge is 2.10. The summed E-state index contributed by atoms with van der Waals surface area (Å²) in [7, 11) is -3.31. The van der Waals surface area contributed by atoms with Crippen molar-refractivity contribution in [1.29, 1.82) is 0 Å². The maximum atomic E-state index is 11.9. The van der Waals surface area contributed by atoms with Gasteiger partial charge in [-0.15, -0.1) is 11.6 Å². The Hall–Kier alpha value is -1.53. The number of benzene rings is 1. The third kappa shape index (κ3) is 5.40. The molecule has 0 fully saturated rings. The fourth-order valence-electron chi connectivity index (χ4n) is 1.94. The van der Waals surface area contributed by atoms with Gasteiger partial charge in [-0.3, -0.25) is 4.72 Å². The molecule has 5 nitrogen and oxygen atoms in total. The van der Waals surface area contributed by atoms with Crippen LogP contribution < -0.4 is 4.72 Å². The number of halogens is 1. The van der Waals surface area contributed by atoms with Gasteiger partial charge in [-0.05, 0) is 30.5 Å². The zero-order valence-corrected chi connectivity index (χ0v) is 13.1. The number of rotatable bonds is 8. The molecule has 2 aromatic rings. The average Bonchev–Trinajstić information content (AvgIpc) is 2.91. The predicted molar refractivity (Wildman–Crippen MR) is 85.1 cm³/mol. The Bertz CT molecular complexity index is 657. The van der Waals surface area contributed by atoms with Gasteiger partial charge in [0.15, 0.2) is 0 Å². The first kappa shape index (κ1) is 15.9. The predicted octanol–water partition coefficient (Wildman–Crippen LogP) is 2.69. The largest absolute Gasteiger partial charge is 0.333 e. The molecule has 0 aliphatic heterocycles. The van der Waals surface area contributed by atoms with Crippen LogP contribution in [-0.4, -0.2) is 29.6 Å². The van der Waals surface area contributed by atoms with E-state index in [0.29, 0.717) is 31.0 Å². The number of anilines is 1. The Morgan fingerprint density at radius 3 is 2.86 bits per heavy atom. The molecule has 114 valence electrons. The van der Waals surface area contributed by atoms with Gasteiger partial charge >= 0.3 is 0 Å². The summed E-state index contributed by atoms with van der Waals surface area (Å²) in [5, 5.41) is 0. The van der Waals surface area contributed by atoms with E-state index in [4.69, 9.17) is 11.6 Å². The molecule has 0 unspecified atom stereocenters. The van der Waals surface area contributed by atoms with Crippen molar-refractivity contribution in [3.05, 3.63) is 48.5 Å². The molecule has 0 spiro atoms. The minimum absolute atomic E-state index is 0.0888. The van der Waals surface area contributed by atoms with E-state index >= 15 is 0 Å². The highest BCUT2D eigenvalue weighted by molar-refractivity contribution is 7.92. The molecule has 1 aromatic heterocycles. The highest BCUT2D eigenvalue weighted by Crippen LogP contribution is 2.14. The monoisotopic (exact) mass is 327 g/mol. The number of unbranched alkanes of at least 4 members (excludes halogenated alkanes) is 1. The lowest BCUT2D eigenvalue weighted by Crippen LogP contribution is -2.17. The third-order valence-corrected chi connectivity index (χ3v) is 4.56. The molecule has 1 aromatic carbocycles. The Labute approximate surface area is 130 Å². The van der Waals surface area contributed by atoms with Gasteiger partial charge in [-0.25, -0.2) is 13.4 Å². The van der Waals surface area contributed by atoms with Gasteiger partial charge < -0.3 is 4.57 Å². The number of aromatic nitrogens is 2. The number of nitrogens with zero attached hydrogens (tertiary/aromatic N) is 2. The van der Waals surface area contributed by atoms with Crippen molar-refractivity contribution in [1.82, 2.24) is 9.55 Å². The molecule has 0 aliphatic rings. The second-order valence-corrected chi connectivity index (χ2v) is 6.97. The molecule has 0 atom stereocenters. The Morgan fingerprint density at radius 1 is 1.29 bits per heavy atom. The molecule has 0 amide bonds. The molecule has 0 radical (unpaired) electrons. The summed E-state index contributed by atoms with van der Waals surface area (Å²) in [6.07, 6.45) is 6.56. The molecule has 7 heteroatoms. The number of sulfonamides is 1. The summed E-state index contributed by atoms with van der Waals surface area (Å²) in [5.74, 6) is 0.571. The summed E-state index contributed by atoms with van der Waals surface area (Å²) in [4.78, 5) is 3.98. The molecule has 1 N–H and O–H groups in total. The van der Waals surface area contributed by atoms with E-state index in [1.165, 1.54) is 0 Å². The van der Waals surface area contributed by atoms with E-state index in [9.17, 15) is 8.42 Å². The van der Waals surface area contributed by atoms with E-state index in [1.807, 2.05) is 29.0 Å². The number of nitrogens with one attached hydrogen (secondary N) is 1. The van der Waals surface area contributed by atoms with Crippen LogP contribution in [0.3, 0.4) is 0 Å². The number of hydrogen-bond acceptors (Lipinski definition) is 3. The lowest BCUT2D eigenvalue weighted by atomic mass is 10.2. The molecule has 2 rings (SSSR count). The molecule has 21 heavy (non-hydrogen) atoms.